The van der Waals surface area contributed by atoms with Crippen LogP contribution in [0.5, 0.6) is 0 Å². The zero-order chi connectivity index (χ0) is 20.8. The highest BCUT2D eigenvalue weighted by molar-refractivity contribution is 5.96. The number of benzene rings is 1. The Labute approximate surface area is 179 Å². The number of ether oxygens (including phenoxy) is 1. The summed E-state index contributed by atoms with van der Waals surface area (Å²) in [6, 6.07) is 6.95. The second kappa shape index (κ2) is 7.46. The maximum absolute atomic E-state index is 6.08. The molecule has 4 heterocycles. The fourth-order valence-electron chi connectivity index (χ4n) is 4.25. The third-order valence-electron chi connectivity index (χ3n) is 6.21. The summed E-state index contributed by atoms with van der Waals surface area (Å²) in [4.78, 5) is 14.8. The van der Waals surface area contributed by atoms with Crippen molar-refractivity contribution in [3.8, 4) is 22.7 Å². The molecule has 31 heavy (non-hydrogen) atoms. The smallest absolute Gasteiger partial charge is 0.318 e. The zero-order valence-corrected chi connectivity index (χ0v) is 17.4. The van der Waals surface area contributed by atoms with Crippen molar-refractivity contribution in [2.45, 2.75) is 38.1 Å². The van der Waals surface area contributed by atoms with Gasteiger partial charge in [0.15, 0.2) is 0 Å². The third kappa shape index (κ3) is 3.37. The summed E-state index contributed by atoms with van der Waals surface area (Å²) in [6.45, 7) is 4.27. The molecule has 1 saturated heterocycles. The summed E-state index contributed by atoms with van der Waals surface area (Å²) < 4.78 is 11.7. The largest absolute Gasteiger partial charge is 0.403 e. The van der Waals surface area contributed by atoms with Crippen molar-refractivity contribution in [2.24, 2.45) is 0 Å². The van der Waals surface area contributed by atoms with Crippen LogP contribution in [0.4, 0.5) is 6.01 Å². The van der Waals surface area contributed by atoms with Crippen molar-refractivity contribution in [1.29, 1.82) is 0 Å². The van der Waals surface area contributed by atoms with Gasteiger partial charge >= 0.3 is 6.01 Å². The van der Waals surface area contributed by atoms with Gasteiger partial charge in [-0.15, -0.1) is 5.10 Å². The maximum atomic E-state index is 6.08. The topological polar surface area (TPSA) is 93.0 Å². The Morgan fingerprint density at radius 3 is 3.00 bits per heavy atom. The first-order chi connectivity index (χ1) is 15.3. The second-order valence-corrected chi connectivity index (χ2v) is 8.29. The molecule has 0 radical (unpaired) electrons. The molecular formula is C23H24N6O2. The van der Waals surface area contributed by atoms with Crippen LogP contribution in [-0.4, -0.2) is 50.9 Å². The number of anilines is 1. The van der Waals surface area contributed by atoms with E-state index >= 15 is 0 Å². The van der Waals surface area contributed by atoms with Crippen LogP contribution in [0.1, 0.15) is 37.8 Å². The molecule has 1 aliphatic carbocycles. The standard InChI is InChI=1S/C23H24N6O2/c1-2-16-13-30-8-7-29(16)23-28-27-22(31-23)15-5-6-19-17(9-15)18(10-25-19)21-12-24-11-20(26-21)14-3-4-14/h5-6,9-12,14,16,25H,2-4,7-8,13H2,1H3/t16-/m0/s1. The Kier molecular flexibility index (Phi) is 4.45. The number of nitrogens with one attached hydrogen (secondary N) is 1. The summed E-state index contributed by atoms with van der Waals surface area (Å²) in [5.41, 5.74) is 4.93. The van der Waals surface area contributed by atoms with E-state index in [4.69, 9.17) is 14.1 Å². The van der Waals surface area contributed by atoms with Crippen LogP contribution in [0.25, 0.3) is 33.6 Å². The highest BCUT2D eigenvalue weighted by Gasteiger charge is 2.27. The highest BCUT2D eigenvalue weighted by atomic mass is 16.5. The van der Waals surface area contributed by atoms with Crippen molar-refractivity contribution in [3.63, 3.8) is 0 Å². The lowest BCUT2D eigenvalue weighted by Gasteiger charge is -2.33. The van der Waals surface area contributed by atoms with Crippen molar-refractivity contribution in [1.82, 2.24) is 25.1 Å². The van der Waals surface area contributed by atoms with Crippen LogP contribution >= 0.6 is 0 Å². The summed E-state index contributed by atoms with van der Waals surface area (Å²) >= 11 is 0. The van der Waals surface area contributed by atoms with Gasteiger partial charge in [0.25, 0.3) is 0 Å². The lowest BCUT2D eigenvalue weighted by atomic mass is 10.1. The van der Waals surface area contributed by atoms with Gasteiger partial charge < -0.3 is 19.0 Å². The minimum Gasteiger partial charge on any atom is -0.403 e. The number of aromatic nitrogens is 5. The molecule has 1 N–H and O–H groups in total. The molecular weight excluding hydrogens is 392 g/mol. The van der Waals surface area contributed by atoms with E-state index in [2.05, 4.69) is 38.1 Å². The molecule has 1 aromatic carbocycles. The minimum atomic E-state index is 0.262. The predicted molar refractivity (Wildman–Crippen MR) is 117 cm³/mol. The fourth-order valence-corrected chi connectivity index (χ4v) is 4.25. The van der Waals surface area contributed by atoms with Gasteiger partial charge in [-0.1, -0.05) is 12.0 Å². The number of aromatic amines is 1. The van der Waals surface area contributed by atoms with E-state index in [1.54, 1.807) is 0 Å². The number of hydrogen-bond acceptors (Lipinski definition) is 7. The Morgan fingerprint density at radius 2 is 2.13 bits per heavy atom. The monoisotopic (exact) mass is 416 g/mol. The molecule has 158 valence electrons. The number of morpholine rings is 1. The number of H-pyrrole nitrogens is 1. The molecule has 0 spiro atoms. The first-order valence-electron chi connectivity index (χ1n) is 10.9. The molecule has 8 nitrogen and oxygen atoms in total. The second-order valence-electron chi connectivity index (χ2n) is 8.29. The van der Waals surface area contributed by atoms with Crippen LogP contribution in [-0.2, 0) is 4.74 Å². The molecule has 8 heteroatoms. The number of fused-ring (bicyclic) bond motifs is 1. The normalized spacial score (nSPS) is 19.3. The van der Waals surface area contributed by atoms with E-state index in [0.717, 1.165) is 46.4 Å². The fraction of sp³-hybridized carbons (Fsp3) is 0.391. The molecule has 6 rings (SSSR count). The maximum Gasteiger partial charge on any atom is 0.318 e. The number of nitrogens with zero attached hydrogens (tertiary/aromatic N) is 5. The van der Waals surface area contributed by atoms with E-state index in [0.29, 0.717) is 31.0 Å². The molecule has 1 aliphatic heterocycles. The third-order valence-corrected chi connectivity index (χ3v) is 6.21. The molecule has 1 atom stereocenters. The Bertz CT molecular complexity index is 1230. The van der Waals surface area contributed by atoms with Gasteiger partial charge in [-0.3, -0.25) is 4.98 Å². The highest BCUT2D eigenvalue weighted by Crippen LogP contribution is 2.39. The van der Waals surface area contributed by atoms with Gasteiger partial charge in [-0.2, -0.15) is 0 Å². The van der Waals surface area contributed by atoms with Crippen molar-refractivity contribution < 1.29 is 9.15 Å². The molecule has 3 aromatic heterocycles. The zero-order valence-electron chi connectivity index (χ0n) is 17.4. The SMILES string of the molecule is CC[C@H]1COCCN1c1nnc(-c2ccc3[nH]cc(-c4cncc(C5CC5)n4)c3c2)o1. The van der Waals surface area contributed by atoms with E-state index in [1.165, 1.54) is 12.8 Å². The van der Waals surface area contributed by atoms with Crippen LogP contribution in [0, 0.1) is 0 Å². The van der Waals surface area contributed by atoms with Gasteiger partial charge in [-0.05, 0) is 37.5 Å². The number of hydrogen-bond donors (Lipinski definition) is 1. The van der Waals surface area contributed by atoms with E-state index in [9.17, 15) is 0 Å². The lowest BCUT2D eigenvalue weighted by molar-refractivity contribution is 0.0901. The molecule has 0 unspecified atom stereocenters. The Morgan fingerprint density at radius 1 is 1.19 bits per heavy atom. The molecule has 1 saturated carbocycles. The lowest BCUT2D eigenvalue weighted by Crippen LogP contribution is -2.45. The van der Waals surface area contributed by atoms with Gasteiger partial charge in [0.05, 0.1) is 36.8 Å². The Hall–Kier alpha value is -3.26. The summed E-state index contributed by atoms with van der Waals surface area (Å²) in [7, 11) is 0. The van der Waals surface area contributed by atoms with Gasteiger partial charge in [0.1, 0.15) is 0 Å². The van der Waals surface area contributed by atoms with E-state index in [1.807, 2.05) is 30.7 Å². The van der Waals surface area contributed by atoms with Crippen LogP contribution in [0.3, 0.4) is 0 Å². The summed E-state index contributed by atoms with van der Waals surface area (Å²) in [5.74, 6) is 1.08. The molecule has 2 fully saturated rings. The van der Waals surface area contributed by atoms with Crippen LogP contribution < -0.4 is 4.90 Å². The van der Waals surface area contributed by atoms with Crippen LogP contribution in [0.2, 0.25) is 0 Å². The molecule has 0 amide bonds. The van der Waals surface area contributed by atoms with Crippen molar-refractivity contribution in [3.05, 3.63) is 42.5 Å². The first kappa shape index (κ1) is 18.5. The minimum absolute atomic E-state index is 0.262. The van der Waals surface area contributed by atoms with Gasteiger partial charge in [0, 0.05) is 46.9 Å². The van der Waals surface area contributed by atoms with E-state index < -0.39 is 0 Å². The van der Waals surface area contributed by atoms with Gasteiger partial charge in [0.2, 0.25) is 5.89 Å². The Balaban J connectivity index is 1.35. The van der Waals surface area contributed by atoms with Crippen molar-refractivity contribution in [2.75, 3.05) is 24.7 Å². The molecule has 4 aromatic rings. The van der Waals surface area contributed by atoms with Gasteiger partial charge in [-0.25, -0.2) is 4.98 Å². The number of rotatable bonds is 5. The molecule has 0 bridgehead atoms. The van der Waals surface area contributed by atoms with E-state index in [-0.39, 0.29) is 6.04 Å². The summed E-state index contributed by atoms with van der Waals surface area (Å²) in [5, 5.41) is 9.72. The molecule has 2 aliphatic rings. The summed E-state index contributed by atoms with van der Waals surface area (Å²) in [6.07, 6.45) is 9.09. The predicted octanol–water partition coefficient (Wildman–Crippen LogP) is 4.17. The average molecular weight is 416 g/mol. The quantitative estimate of drug-likeness (QED) is 0.522. The first-order valence-corrected chi connectivity index (χ1v) is 10.9. The average Bonchev–Trinajstić information content (AvgIpc) is 3.41. The van der Waals surface area contributed by atoms with Crippen molar-refractivity contribution >= 4 is 16.9 Å². The van der Waals surface area contributed by atoms with Crippen LogP contribution in [0.15, 0.2) is 41.2 Å².